The van der Waals surface area contributed by atoms with E-state index in [4.69, 9.17) is 4.74 Å². The Labute approximate surface area is 175 Å². The highest BCUT2D eigenvalue weighted by Crippen LogP contribution is 2.52. The van der Waals surface area contributed by atoms with Crippen LogP contribution in [-0.2, 0) is 11.3 Å². The molecule has 4 aliphatic rings. The van der Waals surface area contributed by atoms with Gasteiger partial charge in [-0.2, -0.15) is 0 Å². The number of guanidine groups is 1. The maximum atomic E-state index is 5.95. The van der Waals surface area contributed by atoms with Crippen LogP contribution >= 0.6 is 0 Å². The number of rotatable bonds is 4. The largest absolute Gasteiger partial charge is 0.377 e. The van der Waals surface area contributed by atoms with Crippen LogP contribution in [-0.4, -0.2) is 54.8 Å². The Morgan fingerprint density at radius 3 is 2.52 bits per heavy atom. The van der Waals surface area contributed by atoms with Crippen molar-refractivity contribution < 1.29 is 4.74 Å². The topological polar surface area (TPSA) is 48.9 Å². The van der Waals surface area contributed by atoms with Crippen LogP contribution in [0.3, 0.4) is 0 Å². The van der Waals surface area contributed by atoms with Gasteiger partial charge >= 0.3 is 0 Å². The summed E-state index contributed by atoms with van der Waals surface area (Å²) in [5.41, 5.74) is 1.62. The van der Waals surface area contributed by atoms with Gasteiger partial charge in [-0.25, -0.2) is 0 Å². The van der Waals surface area contributed by atoms with Crippen molar-refractivity contribution in [3.05, 3.63) is 35.9 Å². The van der Waals surface area contributed by atoms with Crippen LogP contribution in [0.15, 0.2) is 35.3 Å². The van der Waals surface area contributed by atoms with E-state index in [-0.39, 0.29) is 5.41 Å². The van der Waals surface area contributed by atoms with Gasteiger partial charge in [0.2, 0.25) is 0 Å². The molecule has 2 bridgehead atoms. The average molecular weight is 397 g/mol. The predicted molar refractivity (Wildman–Crippen MR) is 117 cm³/mol. The van der Waals surface area contributed by atoms with Gasteiger partial charge in [0.1, 0.15) is 0 Å². The molecule has 5 atom stereocenters. The monoisotopic (exact) mass is 396 g/mol. The van der Waals surface area contributed by atoms with Gasteiger partial charge in [0.25, 0.3) is 0 Å². The molecular weight excluding hydrogens is 360 g/mol. The molecule has 29 heavy (non-hydrogen) atoms. The molecule has 2 N–H and O–H groups in total. The predicted octanol–water partition coefficient (Wildman–Crippen LogP) is 3.16. The minimum Gasteiger partial charge on any atom is -0.377 e. The molecule has 158 valence electrons. The maximum absolute atomic E-state index is 5.95. The number of ether oxygens (including phenoxy) is 1. The molecule has 5 rings (SSSR count). The zero-order valence-corrected chi connectivity index (χ0v) is 18.1. The molecule has 5 heteroatoms. The second kappa shape index (κ2) is 7.59. The van der Waals surface area contributed by atoms with Gasteiger partial charge in [0.05, 0.1) is 6.10 Å². The van der Waals surface area contributed by atoms with E-state index < -0.39 is 0 Å². The molecule has 3 aliphatic heterocycles. The van der Waals surface area contributed by atoms with Crippen molar-refractivity contribution in [3.63, 3.8) is 0 Å². The summed E-state index contributed by atoms with van der Waals surface area (Å²) < 4.78 is 5.95. The molecule has 1 aromatic carbocycles. The molecule has 0 aromatic heterocycles. The zero-order valence-electron chi connectivity index (χ0n) is 18.1. The van der Waals surface area contributed by atoms with Gasteiger partial charge in [0, 0.05) is 55.7 Å². The van der Waals surface area contributed by atoms with E-state index in [0.29, 0.717) is 36.2 Å². The van der Waals surface area contributed by atoms with E-state index in [1.165, 1.54) is 37.7 Å². The van der Waals surface area contributed by atoms with Gasteiger partial charge in [-0.05, 0) is 37.7 Å². The van der Waals surface area contributed by atoms with Gasteiger partial charge in [-0.3, -0.25) is 9.89 Å². The van der Waals surface area contributed by atoms with Crippen molar-refractivity contribution in [2.45, 2.75) is 82.8 Å². The molecule has 3 saturated heterocycles. The highest BCUT2D eigenvalue weighted by molar-refractivity contribution is 5.80. The smallest absolute Gasteiger partial charge is 0.191 e. The van der Waals surface area contributed by atoms with Crippen molar-refractivity contribution in [2.75, 3.05) is 13.7 Å². The molecule has 0 spiro atoms. The number of hydrogen-bond donors (Lipinski definition) is 2. The molecule has 1 aromatic rings. The summed E-state index contributed by atoms with van der Waals surface area (Å²) in [7, 11) is 1.91. The summed E-state index contributed by atoms with van der Waals surface area (Å²) in [4.78, 5) is 7.33. The molecule has 0 amide bonds. The number of nitrogens with zero attached hydrogens (tertiary/aromatic N) is 2. The lowest BCUT2D eigenvalue weighted by Crippen LogP contribution is -2.68. The number of fused-ring (bicyclic) bond motifs is 3. The van der Waals surface area contributed by atoms with E-state index in [1.807, 2.05) is 7.05 Å². The highest BCUT2D eigenvalue weighted by atomic mass is 16.5. The van der Waals surface area contributed by atoms with Crippen LogP contribution < -0.4 is 10.6 Å². The fraction of sp³-hybridized carbons (Fsp3) is 0.708. The first kappa shape index (κ1) is 19.4. The van der Waals surface area contributed by atoms with Gasteiger partial charge < -0.3 is 15.4 Å². The Morgan fingerprint density at radius 2 is 1.83 bits per heavy atom. The van der Waals surface area contributed by atoms with Crippen LogP contribution in [0.25, 0.3) is 0 Å². The van der Waals surface area contributed by atoms with Crippen molar-refractivity contribution in [1.29, 1.82) is 0 Å². The lowest BCUT2D eigenvalue weighted by molar-refractivity contribution is -0.106. The standard InChI is InChI=1S/C24H36N4O/c1-24(2)21(20-11-12-29-22(20)24)27-23(25-3)26-17-13-18-9-10-19(14-17)28(18)15-16-7-5-4-6-8-16/h4-8,17-22H,9-15H2,1-3H3,(H2,25,26,27). The number of benzene rings is 1. The van der Waals surface area contributed by atoms with E-state index in [1.54, 1.807) is 0 Å². The number of aliphatic imine (C=N–C) groups is 1. The van der Waals surface area contributed by atoms with E-state index in [2.05, 4.69) is 64.7 Å². The molecule has 4 fully saturated rings. The first-order valence-corrected chi connectivity index (χ1v) is 11.5. The van der Waals surface area contributed by atoms with Crippen LogP contribution in [0.2, 0.25) is 0 Å². The summed E-state index contributed by atoms with van der Waals surface area (Å²) in [5, 5.41) is 7.54. The average Bonchev–Trinajstić information content (AvgIpc) is 3.26. The lowest BCUT2D eigenvalue weighted by atomic mass is 9.57. The fourth-order valence-electron chi connectivity index (χ4n) is 6.57. The van der Waals surface area contributed by atoms with Gasteiger partial charge in [-0.1, -0.05) is 44.2 Å². The van der Waals surface area contributed by atoms with Crippen molar-refractivity contribution in [3.8, 4) is 0 Å². The van der Waals surface area contributed by atoms with Crippen LogP contribution in [0.1, 0.15) is 51.5 Å². The Balaban J connectivity index is 1.19. The quantitative estimate of drug-likeness (QED) is 0.606. The molecule has 0 radical (unpaired) electrons. The third kappa shape index (κ3) is 3.46. The van der Waals surface area contributed by atoms with Crippen LogP contribution in [0.4, 0.5) is 0 Å². The Morgan fingerprint density at radius 1 is 1.10 bits per heavy atom. The second-order valence-corrected chi connectivity index (χ2v) is 10.1. The lowest BCUT2D eigenvalue weighted by Gasteiger charge is -2.55. The van der Waals surface area contributed by atoms with Gasteiger partial charge in [0.15, 0.2) is 5.96 Å². The summed E-state index contributed by atoms with van der Waals surface area (Å²) in [6.45, 7) is 6.65. The first-order chi connectivity index (χ1) is 14.1. The summed E-state index contributed by atoms with van der Waals surface area (Å²) in [6.07, 6.45) is 6.68. The Kier molecular flexibility index (Phi) is 5.07. The molecule has 1 saturated carbocycles. The maximum Gasteiger partial charge on any atom is 0.191 e. The normalized spacial score (nSPS) is 38.4. The zero-order chi connectivity index (χ0) is 20.0. The number of nitrogens with one attached hydrogen (secondary N) is 2. The highest BCUT2D eigenvalue weighted by Gasteiger charge is 2.59. The molecule has 5 unspecified atom stereocenters. The summed E-state index contributed by atoms with van der Waals surface area (Å²) in [6, 6.07) is 13.3. The van der Waals surface area contributed by atoms with Gasteiger partial charge in [-0.15, -0.1) is 0 Å². The molecule has 3 heterocycles. The first-order valence-electron chi connectivity index (χ1n) is 11.5. The van der Waals surface area contributed by atoms with E-state index >= 15 is 0 Å². The Bertz CT molecular complexity index is 735. The third-order valence-electron chi connectivity index (χ3n) is 8.05. The number of piperidine rings is 1. The summed E-state index contributed by atoms with van der Waals surface area (Å²) >= 11 is 0. The summed E-state index contributed by atoms with van der Waals surface area (Å²) in [5.74, 6) is 1.61. The van der Waals surface area contributed by atoms with Crippen molar-refractivity contribution in [1.82, 2.24) is 15.5 Å². The molecule has 1 aliphatic carbocycles. The number of hydrogen-bond acceptors (Lipinski definition) is 3. The van der Waals surface area contributed by atoms with Crippen LogP contribution in [0.5, 0.6) is 0 Å². The minimum absolute atomic E-state index is 0.177. The van der Waals surface area contributed by atoms with E-state index in [9.17, 15) is 0 Å². The van der Waals surface area contributed by atoms with Crippen molar-refractivity contribution in [2.24, 2.45) is 16.3 Å². The molecule has 5 nitrogen and oxygen atoms in total. The molecular formula is C24H36N4O. The van der Waals surface area contributed by atoms with Crippen LogP contribution in [0, 0.1) is 11.3 Å². The Hall–Kier alpha value is -1.59. The van der Waals surface area contributed by atoms with Crippen molar-refractivity contribution >= 4 is 5.96 Å². The second-order valence-electron chi connectivity index (χ2n) is 10.1. The SMILES string of the molecule is CN=C(NC1CC2CCC(C1)N2Cc1ccccc1)NC1C2CCOC2C1(C)C. The third-order valence-corrected chi connectivity index (χ3v) is 8.05. The minimum atomic E-state index is 0.177. The fourth-order valence-corrected chi connectivity index (χ4v) is 6.57. The van der Waals surface area contributed by atoms with E-state index in [0.717, 1.165) is 19.1 Å².